The van der Waals surface area contributed by atoms with Crippen molar-refractivity contribution in [3.8, 4) is 6.07 Å². The van der Waals surface area contributed by atoms with Crippen molar-refractivity contribution in [2.24, 2.45) is 0 Å². The maximum Gasteiger partial charge on any atom is 0.254 e. The number of methoxy groups -OCH3 is 1. The van der Waals surface area contributed by atoms with Gasteiger partial charge in [-0.25, -0.2) is 0 Å². The predicted molar refractivity (Wildman–Crippen MR) is 118 cm³/mol. The number of hydrogen-bond donors (Lipinski definition) is 2. The molecule has 1 aromatic carbocycles. The van der Waals surface area contributed by atoms with Crippen LogP contribution in [0.4, 0.5) is 5.00 Å². The monoisotopic (exact) mass is 425 g/mol. The number of nitriles is 1. The minimum Gasteiger partial charge on any atom is -0.385 e. The van der Waals surface area contributed by atoms with Gasteiger partial charge in [0.25, 0.3) is 5.91 Å². The molecule has 6 nitrogen and oxygen atoms in total. The molecule has 7 heteroatoms. The van der Waals surface area contributed by atoms with E-state index >= 15 is 0 Å². The third-order valence-corrected chi connectivity index (χ3v) is 6.39. The van der Waals surface area contributed by atoms with Gasteiger partial charge < -0.3 is 15.4 Å². The lowest BCUT2D eigenvalue weighted by Gasteiger charge is -2.13. The molecule has 2 aromatic rings. The Bertz CT molecular complexity index is 928. The first-order valence-electron chi connectivity index (χ1n) is 10.3. The Kier molecular flexibility index (Phi) is 8.00. The van der Waals surface area contributed by atoms with Crippen molar-refractivity contribution in [2.45, 2.75) is 44.9 Å². The topological polar surface area (TPSA) is 91.2 Å². The van der Waals surface area contributed by atoms with Gasteiger partial charge in [0.15, 0.2) is 0 Å². The number of fused-ring (bicyclic) bond motifs is 1. The fourth-order valence-electron chi connectivity index (χ4n) is 3.59. The van der Waals surface area contributed by atoms with Gasteiger partial charge in [-0.05, 0) is 61.8 Å². The molecule has 1 aliphatic carbocycles. The van der Waals surface area contributed by atoms with Crippen molar-refractivity contribution in [1.82, 2.24) is 5.32 Å². The third-order valence-electron chi connectivity index (χ3n) is 5.19. The number of rotatable bonds is 9. The number of benzene rings is 1. The van der Waals surface area contributed by atoms with Crippen LogP contribution in [-0.2, 0) is 28.8 Å². The molecule has 0 atom stereocenters. The number of ether oxygens (including phenoxy) is 1. The van der Waals surface area contributed by atoms with Crippen LogP contribution >= 0.6 is 11.3 Å². The highest BCUT2D eigenvalue weighted by Gasteiger charge is 2.26. The zero-order valence-electron chi connectivity index (χ0n) is 17.3. The largest absolute Gasteiger partial charge is 0.385 e. The van der Waals surface area contributed by atoms with Crippen molar-refractivity contribution in [1.29, 1.82) is 5.26 Å². The van der Waals surface area contributed by atoms with E-state index < -0.39 is 0 Å². The van der Waals surface area contributed by atoms with Crippen LogP contribution in [0.5, 0.6) is 0 Å². The summed E-state index contributed by atoms with van der Waals surface area (Å²) in [4.78, 5) is 26.7. The summed E-state index contributed by atoms with van der Waals surface area (Å²) in [6.07, 6.45) is 5.69. The van der Waals surface area contributed by atoms with Crippen LogP contribution in [0, 0.1) is 11.3 Å². The van der Waals surface area contributed by atoms with Gasteiger partial charge in [-0.1, -0.05) is 12.1 Å². The van der Waals surface area contributed by atoms with Gasteiger partial charge >= 0.3 is 0 Å². The lowest BCUT2D eigenvalue weighted by Crippen LogP contribution is -2.27. The normalized spacial score (nSPS) is 12.7. The average molecular weight is 426 g/mol. The van der Waals surface area contributed by atoms with Gasteiger partial charge in [0.05, 0.1) is 17.2 Å². The van der Waals surface area contributed by atoms with E-state index in [1.54, 1.807) is 19.2 Å². The summed E-state index contributed by atoms with van der Waals surface area (Å²) in [5, 5.41) is 15.5. The quantitative estimate of drug-likeness (QED) is 0.597. The number of amides is 2. The molecule has 1 heterocycles. The van der Waals surface area contributed by atoms with Crippen molar-refractivity contribution < 1.29 is 14.3 Å². The Morgan fingerprint density at radius 3 is 2.70 bits per heavy atom. The molecule has 0 aliphatic heterocycles. The van der Waals surface area contributed by atoms with E-state index in [4.69, 9.17) is 10.00 Å². The molecular formula is C23H27N3O3S. The summed E-state index contributed by atoms with van der Waals surface area (Å²) in [5.74, 6) is -0.223. The van der Waals surface area contributed by atoms with Gasteiger partial charge in [-0.15, -0.1) is 11.3 Å². The standard InChI is InChI=1S/C23H27N3O3S/c1-29-14-4-13-25-22(28)21-18-5-2-3-6-19(18)30-23(21)26-20(27)12-11-16-7-9-17(15-24)10-8-16/h7-10H,2-6,11-14H2,1H3,(H,25,28)(H,26,27). The van der Waals surface area contributed by atoms with E-state index in [0.717, 1.165) is 43.2 Å². The molecule has 0 fully saturated rings. The first-order chi connectivity index (χ1) is 14.6. The zero-order chi connectivity index (χ0) is 21.3. The number of nitrogens with zero attached hydrogens (tertiary/aromatic N) is 1. The maximum atomic E-state index is 12.9. The van der Waals surface area contributed by atoms with Crippen LogP contribution in [0.25, 0.3) is 0 Å². The second kappa shape index (κ2) is 10.9. The average Bonchev–Trinajstić information content (AvgIpc) is 3.13. The van der Waals surface area contributed by atoms with Gasteiger partial charge in [-0.3, -0.25) is 9.59 Å². The van der Waals surface area contributed by atoms with Crippen LogP contribution < -0.4 is 10.6 Å². The minimum absolute atomic E-state index is 0.105. The molecule has 1 aromatic heterocycles. The molecule has 30 heavy (non-hydrogen) atoms. The molecule has 2 N–H and O–H groups in total. The van der Waals surface area contributed by atoms with Crippen LogP contribution in [0.1, 0.15) is 57.6 Å². The van der Waals surface area contributed by atoms with Gasteiger partial charge in [0.2, 0.25) is 5.91 Å². The smallest absolute Gasteiger partial charge is 0.254 e. The maximum absolute atomic E-state index is 12.9. The van der Waals surface area contributed by atoms with Crippen molar-refractivity contribution in [3.05, 3.63) is 51.4 Å². The molecule has 0 saturated heterocycles. The van der Waals surface area contributed by atoms with Gasteiger partial charge in [-0.2, -0.15) is 5.26 Å². The zero-order valence-corrected chi connectivity index (χ0v) is 18.1. The number of thiophene rings is 1. The highest BCUT2D eigenvalue weighted by atomic mass is 32.1. The second-order valence-electron chi connectivity index (χ2n) is 7.37. The molecule has 0 bridgehead atoms. The van der Waals surface area contributed by atoms with Crippen LogP contribution in [0.2, 0.25) is 0 Å². The fraction of sp³-hybridized carbons (Fsp3) is 0.435. The van der Waals surface area contributed by atoms with E-state index in [2.05, 4.69) is 16.7 Å². The van der Waals surface area contributed by atoms with Crippen molar-refractivity contribution in [2.75, 3.05) is 25.6 Å². The number of anilines is 1. The van der Waals surface area contributed by atoms with Gasteiger partial charge in [0.1, 0.15) is 5.00 Å². The van der Waals surface area contributed by atoms with Crippen LogP contribution in [-0.4, -0.2) is 32.1 Å². The Morgan fingerprint density at radius 1 is 1.20 bits per heavy atom. The number of carbonyl (C=O) groups excluding carboxylic acids is 2. The molecule has 0 saturated carbocycles. The molecule has 158 valence electrons. The van der Waals surface area contributed by atoms with E-state index in [1.807, 2.05) is 12.1 Å². The van der Waals surface area contributed by atoms with E-state index in [1.165, 1.54) is 16.2 Å². The third kappa shape index (κ3) is 5.68. The van der Waals surface area contributed by atoms with Crippen LogP contribution in [0.3, 0.4) is 0 Å². The molecular weight excluding hydrogens is 398 g/mol. The summed E-state index contributed by atoms with van der Waals surface area (Å²) in [6, 6.07) is 9.34. The highest BCUT2D eigenvalue weighted by Crippen LogP contribution is 2.38. The SMILES string of the molecule is COCCCNC(=O)c1c(NC(=O)CCc2ccc(C#N)cc2)sc2c1CCCC2. The fourth-order valence-corrected chi connectivity index (χ4v) is 4.90. The lowest BCUT2D eigenvalue weighted by atomic mass is 9.95. The van der Waals surface area contributed by atoms with Crippen molar-refractivity contribution >= 4 is 28.2 Å². The first kappa shape index (κ1) is 22.0. The number of carbonyl (C=O) groups is 2. The van der Waals surface area contributed by atoms with E-state index in [-0.39, 0.29) is 11.8 Å². The summed E-state index contributed by atoms with van der Waals surface area (Å²) in [6.45, 7) is 1.14. The molecule has 2 amide bonds. The van der Waals surface area contributed by atoms with Crippen LogP contribution in [0.15, 0.2) is 24.3 Å². The van der Waals surface area contributed by atoms with E-state index in [0.29, 0.717) is 42.1 Å². The minimum atomic E-state index is -0.118. The second-order valence-corrected chi connectivity index (χ2v) is 8.48. The van der Waals surface area contributed by atoms with E-state index in [9.17, 15) is 9.59 Å². The Labute approximate surface area is 181 Å². The summed E-state index contributed by atoms with van der Waals surface area (Å²) >= 11 is 1.54. The van der Waals surface area contributed by atoms with Crippen molar-refractivity contribution in [3.63, 3.8) is 0 Å². The van der Waals surface area contributed by atoms with Gasteiger partial charge in [0, 0.05) is 31.6 Å². The molecule has 0 unspecified atom stereocenters. The number of aryl methyl sites for hydroxylation is 2. The summed E-state index contributed by atoms with van der Waals surface area (Å²) in [7, 11) is 1.64. The Morgan fingerprint density at radius 2 is 1.97 bits per heavy atom. The summed E-state index contributed by atoms with van der Waals surface area (Å²) in [5.41, 5.74) is 3.34. The first-order valence-corrected chi connectivity index (χ1v) is 11.1. The number of hydrogen-bond acceptors (Lipinski definition) is 5. The molecule has 0 radical (unpaired) electrons. The lowest BCUT2D eigenvalue weighted by molar-refractivity contribution is -0.116. The Hall–Kier alpha value is -2.69. The molecule has 3 rings (SSSR count). The predicted octanol–water partition coefficient (Wildman–Crippen LogP) is 3.84. The molecule has 0 spiro atoms. The number of nitrogens with one attached hydrogen (secondary N) is 2. The Balaban J connectivity index is 1.66. The highest BCUT2D eigenvalue weighted by molar-refractivity contribution is 7.17. The summed E-state index contributed by atoms with van der Waals surface area (Å²) < 4.78 is 5.04. The molecule has 1 aliphatic rings.